The molecule has 2 amide bonds. The lowest BCUT2D eigenvalue weighted by atomic mass is 10.1. The van der Waals surface area contributed by atoms with Gasteiger partial charge in [-0.25, -0.2) is 0 Å². The van der Waals surface area contributed by atoms with E-state index in [-0.39, 0.29) is 11.8 Å². The Morgan fingerprint density at radius 1 is 1.15 bits per heavy atom. The standard InChI is InChI=1S/C19H20N2O5/c1-21-8-9-26-16-7-4-12(10-15(16)19(21)23)20-18(22)14-6-5-13(24-2)11-17(14)25-3/h4-7,10-11H,8-9H2,1-3H3,(H,20,22). The lowest BCUT2D eigenvalue weighted by Gasteiger charge is -2.14. The molecule has 1 aliphatic rings. The fraction of sp³-hybridized carbons (Fsp3) is 0.263. The van der Waals surface area contributed by atoms with E-state index in [2.05, 4.69) is 5.32 Å². The number of carbonyl (C=O) groups is 2. The summed E-state index contributed by atoms with van der Waals surface area (Å²) >= 11 is 0. The molecule has 0 aromatic heterocycles. The van der Waals surface area contributed by atoms with Gasteiger partial charge in [0, 0.05) is 18.8 Å². The summed E-state index contributed by atoms with van der Waals surface area (Å²) in [6, 6.07) is 9.95. The summed E-state index contributed by atoms with van der Waals surface area (Å²) in [6.45, 7) is 0.947. The molecule has 1 heterocycles. The van der Waals surface area contributed by atoms with Gasteiger partial charge in [-0.15, -0.1) is 0 Å². The summed E-state index contributed by atoms with van der Waals surface area (Å²) in [5.41, 5.74) is 1.28. The number of rotatable bonds is 4. The molecule has 0 spiro atoms. The van der Waals surface area contributed by atoms with Gasteiger partial charge in [-0.3, -0.25) is 9.59 Å². The number of amides is 2. The van der Waals surface area contributed by atoms with Gasteiger partial charge in [-0.1, -0.05) is 0 Å². The van der Waals surface area contributed by atoms with Gasteiger partial charge in [0.05, 0.1) is 31.9 Å². The van der Waals surface area contributed by atoms with Crippen LogP contribution >= 0.6 is 0 Å². The lowest BCUT2D eigenvalue weighted by Crippen LogP contribution is -2.27. The number of fused-ring (bicyclic) bond motifs is 1. The van der Waals surface area contributed by atoms with Crippen LogP contribution in [0, 0.1) is 0 Å². The van der Waals surface area contributed by atoms with Gasteiger partial charge in [-0.05, 0) is 30.3 Å². The van der Waals surface area contributed by atoms with Crippen molar-refractivity contribution in [2.24, 2.45) is 0 Å². The Balaban J connectivity index is 1.87. The molecule has 0 fully saturated rings. The van der Waals surface area contributed by atoms with Crippen LogP contribution in [0.2, 0.25) is 0 Å². The Hall–Kier alpha value is -3.22. The molecule has 0 saturated carbocycles. The maximum atomic E-state index is 12.6. The highest BCUT2D eigenvalue weighted by Crippen LogP contribution is 2.28. The third-order valence-corrected chi connectivity index (χ3v) is 4.15. The van der Waals surface area contributed by atoms with Crippen molar-refractivity contribution < 1.29 is 23.8 Å². The zero-order valence-corrected chi connectivity index (χ0v) is 14.9. The van der Waals surface area contributed by atoms with Crippen molar-refractivity contribution in [1.82, 2.24) is 4.90 Å². The summed E-state index contributed by atoms with van der Waals surface area (Å²) in [7, 11) is 4.74. The Labute approximate surface area is 151 Å². The van der Waals surface area contributed by atoms with Gasteiger partial charge in [-0.2, -0.15) is 0 Å². The smallest absolute Gasteiger partial charge is 0.259 e. The van der Waals surface area contributed by atoms with Gasteiger partial charge in [0.1, 0.15) is 23.9 Å². The fourth-order valence-corrected chi connectivity index (χ4v) is 2.68. The van der Waals surface area contributed by atoms with Crippen LogP contribution in [0.3, 0.4) is 0 Å². The average molecular weight is 356 g/mol. The van der Waals surface area contributed by atoms with Crippen LogP contribution in [0.25, 0.3) is 0 Å². The largest absolute Gasteiger partial charge is 0.497 e. The monoisotopic (exact) mass is 356 g/mol. The van der Waals surface area contributed by atoms with E-state index in [1.165, 1.54) is 7.11 Å². The van der Waals surface area contributed by atoms with E-state index in [1.54, 1.807) is 55.5 Å². The first-order chi connectivity index (χ1) is 12.5. The van der Waals surface area contributed by atoms with Gasteiger partial charge in [0.25, 0.3) is 11.8 Å². The number of anilines is 1. The van der Waals surface area contributed by atoms with Crippen LogP contribution in [-0.2, 0) is 0 Å². The summed E-state index contributed by atoms with van der Waals surface area (Å²) in [5, 5.41) is 2.79. The number of nitrogens with zero attached hydrogens (tertiary/aromatic N) is 1. The maximum absolute atomic E-state index is 12.6. The quantitative estimate of drug-likeness (QED) is 0.910. The van der Waals surface area contributed by atoms with Gasteiger partial charge < -0.3 is 24.4 Å². The minimum Gasteiger partial charge on any atom is -0.497 e. The van der Waals surface area contributed by atoms with Crippen LogP contribution in [0.4, 0.5) is 5.69 Å². The van der Waals surface area contributed by atoms with Crippen molar-refractivity contribution in [3.8, 4) is 17.2 Å². The van der Waals surface area contributed by atoms with Crippen molar-refractivity contribution in [1.29, 1.82) is 0 Å². The highest BCUT2D eigenvalue weighted by Gasteiger charge is 2.22. The second-order valence-corrected chi connectivity index (χ2v) is 5.81. The average Bonchev–Trinajstić information content (AvgIpc) is 2.80. The van der Waals surface area contributed by atoms with Gasteiger partial charge in [0.15, 0.2) is 0 Å². The van der Waals surface area contributed by atoms with E-state index in [0.717, 1.165) is 0 Å². The van der Waals surface area contributed by atoms with Crippen LogP contribution < -0.4 is 19.5 Å². The third-order valence-electron chi connectivity index (χ3n) is 4.15. The molecule has 3 rings (SSSR count). The van der Waals surface area contributed by atoms with Crippen molar-refractivity contribution in [2.75, 3.05) is 39.7 Å². The number of carbonyl (C=O) groups excluding carboxylic acids is 2. The number of benzene rings is 2. The molecule has 2 aromatic carbocycles. The zero-order chi connectivity index (χ0) is 18.7. The molecule has 1 aliphatic heterocycles. The molecule has 0 bridgehead atoms. The number of methoxy groups -OCH3 is 2. The molecule has 136 valence electrons. The Kier molecular flexibility index (Phi) is 4.97. The first-order valence-corrected chi connectivity index (χ1v) is 8.09. The second-order valence-electron chi connectivity index (χ2n) is 5.81. The van der Waals surface area contributed by atoms with Gasteiger partial charge >= 0.3 is 0 Å². The Morgan fingerprint density at radius 2 is 1.96 bits per heavy atom. The molecule has 7 nitrogen and oxygen atoms in total. The zero-order valence-electron chi connectivity index (χ0n) is 14.9. The van der Waals surface area contributed by atoms with Crippen molar-refractivity contribution in [3.63, 3.8) is 0 Å². The Bertz CT molecular complexity index is 850. The molecular weight excluding hydrogens is 336 g/mol. The molecule has 2 aromatic rings. The number of hydrogen-bond donors (Lipinski definition) is 1. The van der Waals surface area contributed by atoms with Crippen LogP contribution in [0.1, 0.15) is 20.7 Å². The van der Waals surface area contributed by atoms with Crippen molar-refractivity contribution >= 4 is 17.5 Å². The highest BCUT2D eigenvalue weighted by atomic mass is 16.5. The number of nitrogens with one attached hydrogen (secondary N) is 1. The van der Waals surface area contributed by atoms with E-state index >= 15 is 0 Å². The molecule has 7 heteroatoms. The molecule has 1 N–H and O–H groups in total. The minimum atomic E-state index is -0.347. The normalized spacial score (nSPS) is 13.3. The number of hydrogen-bond acceptors (Lipinski definition) is 5. The maximum Gasteiger partial charge on any atom is 0.259 e. The van der Waals surface area contributed by atoms with Crippen LogP contribution in [0.5, 0.6) is 17.2 Å². The van der Waals surface area contributed by atoms with E-state index < -0.39 is 0 Å². The lowest BCUT2D eigenvalue weighted by molar-refractivity contribution is 0.0796. The van der Waals surface area contributed by atoms with E-state index in [4.69, 9.17) is 14.2 Å². The molecular formula is C19H20N2O5. The molecule has 0 radical (unpaired) electrons. The Morgan fingerprint density at radius 3 is 2.69 bits per heavy atom. The van der Waals surface area contributed by atoms with Crippen LogP contribution in [-0.4, -0.2) is 51.1 Å². The highest BCUT2D eigenvalue weighted by molar-refractivity contribution is 6.07. The van der Waals surface area contributed by atoms with E-state index in [0.29, 0.717) is 47.2 Å². The summed E-state index contributed by atoms with van der Waals surface area (Å²) in [5.74, 6) is 1.01. The first kappa shape index (κ1) is 17.6. The first-order valence-electron chi connectivity index (χ1n) is 8.09. The molecule has 0 atom stereocenters. The number of ether oxygens (including phenoxy) is 3. The van der Waals surface area contributed by atoms with E-state index in [1.807, 2.05) is 0 Å². The SMILES string of the molecule is COc1ccc(C(=O)Nc2ccc3c(c2)C(=O)N(C)CCO3)c(OC)c1. The molecule has 26 heavy (non-hydrogen) atoms. The summed E-state index contributed by atoms with van der Waals surface area (Å²) < 4.78 is 16.0. The summed E-state index contributed by atoms with van der Waals surface area (Å²) in [6.07, 6.45) is 0. The summed E-state index contributed by atoms with van der Waals surface area (Å²) in [4.78, 5) is 26.6. The predicted molar refractivity (Wildman–Crippen MR) is 96.4 cm³/mol. The fourth-order valence-electron chi connectivity index (χ4n) is 2.68. The minimum absolute atomic E-state index is 0.143. The topological polar surface area (TPSA) is 77.1 Å². The molecule has 0 unspecified atom stereocenters. The second kappa shape index (κ2) is 7.35. The van der Waals surface area contributed by atoms with Crippen LogP contribution in [0.15, 0.2) is 36.4 Å². The predicted octanol–water partition coefficient (Wildman–Crippen LogP) is 2.42. The third kappa shape index (κ3) is 3.42. The van der Waals surface area contributed by atoms with Gasteiger partial charge in [0.2, 0.25) is 0 Å². The molecule has 0 aliphatic carbocycles. The van der Waals surface area contributed by atoms with Crippen molar-refractivity contribution in [3.05, 3.63) is 47.5 Å². The van der Waals surface area contributed by atoms with E-state index in [9.17, 15) is 9.59 Å². The molecule has 0 saturated heterocycles. The van der Waals surface area contributed by atoms with Crippen molar-refractivity contribution in [2.45, 2.75) is 0 Å². The number of likely N-dealkylation sites (N-methyl/N-ethyl adjacent to an activating group) is 1.